The molecule has 0 radical (unpaired) electrons. The van der Waals surface area contributed by atoms with Gasteiger partial charge in [0.05, 0.1) is 39.6 Å². The molecule has 6 saturated heterocycles. The van der Waals surface area contributed by atoms with E-state index in [1.807, 2.05) is 0 Å². The van der Waals surface area contributed by atoms with E-state index < -0.39 is 230 Å². The number of hydrogen-bond donors (Lipinski definition) is 20. The number of aliphatic hydroxyl groups excluding tert-OH is 19. The Balaban J connectivity index is 1.21. The quantitative estimate of drug-likeness (QED) is 0.0643. The van der Waals surface area contributed by atoms with Crippen LogP contribution in [0.5, 0.6) is 0 Å². The fourth-order valence-corrected chi connectivity index (χ4v) is 8.91. The van der Waals surface area contributed by atoms with Crippen LogP contribution >= 0.6 is 0 Å². The zero-order valence-electron chi connectivity index (χ0n) is 37.0. The van der Waals surface area contributed by atoms with E-state index in [1.165, 1.54) is 0 Å². The van der Waals surface area contributed by atoms with E-state index in [1.54, 1.807) is 0 Å². The van der Waals surface area contributed by atoms with Crippen LogP contribution in [0.1, 0.15) is 6.92 Å². The van der Waals surface area contributed by atoms with Crippen molar-refractivity contribution >= 4 is 5.91 Å². The van der Waals surface area contributed by atoms with Gasteiger partial charge in [-0.1, -0.05) is 0 Å². The van der Waals surface area contributed by atoms with Gasteiger partial charge in [0.25, 0.3) is 0 Å². The number of hydrogen-bond acceptors (Lipinski definition) is 31. The summed E-state index contributed by atoms with van der Waals surface area (Å²) in [6.07, 6.45) is -55.7. The van der Waals surface area contributed by atoms with Crippen LogP contribution in [0.2, 0.25) is 0 Å². The lowest BCUT2D eigenvalue weighted by atomic mass is 9.94. The van der Waals surface area contributed by atoms with Crippen molar-refractivity contribution < 1.29 is 154 Å². The van der Waals surface area contributed by atoms with Gasteiger partial charge in [0.1, 0.15) is 146 Å². The molecule has 70 heavy (non-hydrogen) atoms. The Morgan fingerprint density at radius 2 is 0.657 bits per heavy atom. The Kier molecular flexibility index (Phi) is 20.3. The fourth-order valence-electron chi connectivity index (χ4n) is 8.91. The van der Waals surface area contributed by atoms with Gasteiger partial charge in [-0.3, -0.25) is 4.79 Å². The van der Waals surface area contributed by atoms with E-state index in [4.69, 9.17) is 52.1 Å². The molecule has 32 heteroatoms. The maximum Gasteiger partial charge on any atom is 0.217 e. The van der Waals surface area contributed by atoms with Gasteiger partial charge in [0, 0.05) is 6.92 Å². The normalized spacial score (nSPS) is 51.5. The van der Waals surface area contributed by atoms with Crippen LogP contribution in [0, 0.1) is 0 Å². The van der Waals surface area contributed by atoms with E-state index >= 15 is 0 Å². The third-order valence-corrected chi connectivity index (χ3v) is 12.8. The van der Waals surface area contributed by atoms with Crippen molar-refractivity contribution in [3.05, 3.63) is 0 Å². The number of aliphatic hydroxyl groups is 19. The molecule has 6 rings (SSSR count). The third kappa shape index (κ3) is 11.9. The summed E-state index contributed by atoms with van der Waals surface area (Å²) in [7, 11) is 0. The molecule has 0 bridgehead atoms. The summed E-state index contributed by atoms with van der Waals surface area (Å²) in [5.74, 6) is -0.864. The molecular formula is C38H65NO31. The first kappa shape index (κ1) is 57.5. The Labute approximate surface area is 395 Å². The summed E-state index contributed by atoms with van der Waals surface area (Å²) in [6, 6.07) is -1.77. The summed E-state index contributed by atoms with van der Waals surface area (Å²) < 4.78 is 61.7. The molecule has 0 aromatic carbocycles. The van der Waals surface area contributed by atoms with Crippen LogP contribution in [0.15, 0.2) is 0 Å². The van der Waals surface area contributed by atoms with Crippen LogP contribution in [0.3, 0.4) is 0 Å². The first-order valence-corrected chi connectivity index (χ1v) is 22.1. The summed E-state index contributed by atoms with van der Waals surface area (Å²) in [6.45, 7) is -4.83. The van der Waals surface area contributed by atoms with Crippen molar-refractivity contribution in [1.82, 2.24) is 5.32 Å². The Hall–Kier alpha value is -1.73. The molecule has 6 aliphatic heterocycles. The number of amides is 1. The number of ether oxygens (including phenoxy) is 11. The lowest BCUT2D eigenvalue weighted by molar-refractivity contribution is -0.391. The van der Waals surface area contributed by atoms with Gasteiger partial charge in [-0.15, -0.1) is 0 Å². The molecule has 32 nitrogen and oxygen atoms in total. The first-order valence-electron chi connectivity index (χ1n) is 22.1. The van der Waals surface area contributed by atoms with Crippen molar-refractivity contribution in [2.45, 2.75) is 191 Å². The van der Waals surface area contributed by atoms with Crippen molar-refractivity contribution in [1.29, 1.82) is 0 Å². The predicted molar refractivity (Wildman–Crippen MR) is 211 cm³/mol. The van der Waals surface area contributed by atoms with Crippen LogP contribution in [0.4, 0.5) is 0 Å². The molecule has 1 amide bonds. The number of carbonyl (C=O) groups is 1. The second-order valence-electron chi connectivity index (χ2n) is 17.5. The second-order valence-corrected chi connectivity index (χ2v) is 17.5. The molecular weight excluding hydrogens is 966 g/mol. The lowest BCUT2D eigenvalue weighted by Gasteiger charge is -2.50. The van der Waals surface area contributed by atoms with Gasteiger partial charge in [-0.05, 0) is 0 Å². The molecule has 6 aliphatic rings. The highest BCUT2D eigenvalue weighted by Crippen LogP contribution is 2.37. The van der Waals surface area contributed by atoms with Crippen LogP contribution in [-0.4, -0.2) is 327 Å². The van der Waals surface area contributed by atoms with Gasteiger partial charge in [-0.2, -0.15) is 0 Å². The third-order valence-electron chi connectivity index (χ3n) is 12.8. The van der Waals surface area contributed by atoms with E-state index in [-0.39, 0.29) is 0 Å². The summed E-state index contributed by atoms with van der Waals surface area (Å²) in [5, 5.41) is 203. The maximum absolute atomic E-state index is 12.7. The zero-order valence-corrected chi connectivity index (χ0v) is 37.0. The largest absolute Gasteiger partial charge is 0.394 e. The first-order chi connectivity index (χ1) is 33.2. The summed E-state index contributed by atoms with van der Waals surface area (Å²) in [5.41, 5.74) is 0. The van der Waals surface area contributed by atoms with Gasteiger partial charge < -0.3 is 154 Å². The molecule has 408 valence electrons. The predicted octanol–water partition coefficient (Wildman–Crippen LogP) is -14.0. The molecule has 0 aliphatic carbocycles. The zero-order chi connectivity index (χ0) is 51.6. The van der Waals surface area contributed by atoms with Gasteiger partial charge in [0.2, 0.25) is 5.91 Å². The van der Waals surface area contributed by atoms with Gasteiger partial charge in [-0.25, -0.2) is 0 Å². The SMILES string of the molecule is CC(=O)N[C@H]1[C@H](O[C@@H]2[C@H](O)[C@@H](O)[C@H](O[C@H]3[C@H](O)[C@@H](O)[C@H](O)O[C@@H]3CO)O[C@@H]2CO)O[C@H](CO)[C@H](O)[C@@H]1O[C@@H]1O[C@H](CO)[C@H](O)[C@H](O[C@H]2O[C@H](CO)[C@H](O)[C@H](O[C@@H]3O[C@H](CO)[C@H](O)[C@H](O)[C@H]3O)[C@H]2O)[C@H]1O. The molecule has 30 atom stereocenters. The highest BCUT2D eigenvalue weighted by Gasteiger charge is 2.58. The summed E-state index contributed by atoms with van der Waals surface area (Å²) >= 11 is 0. The average molecular weight is 1030 g/mol. The minimum Gasteiger partial charge on any atom is -0.394 e. The number of carbonyl (C=O) groups excluding carboxylic acids is 1. The smallest absolute Gasteiger partial charge is 0.217 e. The number of nitrogens with one attached hydrogen (secondary N) is 1. The van der Waals surface area contributed by atoms with Crippen molar-refractivity contribution in [2.24, 2.45) is 0 Å². The van der Waals surface area contributed by atoms with Crippen LogP contribution < -0.4 is 5.32 Å². The van der Waals surface area contributed by atoms with Crippen LogP contribution in [-0.2, 0) is 56.9 Å². The minimum absolute atomic E-state index is 0.864. The van der Waals surface area contributed by atoms with E-state index in [2.05, 4.69) is 5.32 Å². The van der Waals surface area contributed by atoms with Crippen molar-refractivity contribution in [3.8, 4) is 0 Å². The fraction of sp³-hybridized carbons (Fsp3) is 0.974. The average Bonchev–Trinajstić information content (AvgIpc) is 3.34. The van der Waals surface area contributed by atoms with Crippen molar-refractivity contribution in [2.75, 3.05) is 39.6 Å². The molecule has 0 saturated carbocycles. The molecule has 6 heterocycles. The second kappa shape index (κ2) is 24.7. The Bertz CT molecular complexity index is 1620. The molecule has 0 aromatic heterocycles. The molecule has 6 fully saturated rings. The molecule has 0 unspecified atom stereocenters. The highest BCUT2D eigenvalue weighted by atomic mass is 16.8. The van der Waals surface area contributed by atoms with E-state index in [9.17, 15) is 102 Å². The lowest BCUT2D eigenvalue weighted by Crippen LogP contribution is -2.70. The van der Waals surface area contributed by atoms with E-state index in [0.717, 1.165) is 6.92 Å². The minimum atomic E-state index is -2.25. The Morgan fingerprint density at radius 3 is 1.10 bits per heavy atom. The summed E-state index contributed by atoms with van der Waals surface area (Å²) in [4.78, 5) is 12.7. The van der Waals surface area contributed by atoms with Gasteiger partial charge in [0.15, 0.2) is 37.7 Å². The maximum atomic E-state index is 12.7. The van der Waals surface area contributed by atoms with Crippen molar-refractivity contribution in [3.63, 3.8) is 0 Å². The van der Waals surface area contributed by atoms with E-state index in [0.29, 0.717) is 0 Å². The monoisotopic (exact) mass is 1030 g/mol. The van der Waals surface area contributed by atoms with Gasteiger partial charge >= 0.3 is 0 Å². The van der Waals surface area contributed by atoms with Crippen LogP contribution in [0.25, 0.3) is 0 Å². The molecule has 0 spiro atoms. The topological polar surface area (TPSA) is 515 Å². The number of rotatable bonds is 17. The highest BCUT2D eigenvalue weighted by molar-refractivity contribution is 5.73. The standard InChI is InChI=1S/C38H65NO31/c1-8(46)39-15-30(17(48)10(3-41)61-34(15)66-29-14(7-45)65-36(25(56)22(29)53)67-28-13(6-44)60-33(59)23(54)21(28)52)68-37-26(57)32(19(50)11(4-42)63-37)70-38-27(58)31(18(49)12(5-43)64-38)69-35-24(55)20(51)16(47)9(2-40)62-35/h9-38,40-45,47-59H,2-7H2,1H3,(H,39,46)/t9-,10-,11-,12-,13-,14-,15-,16+,17+,18+,19+,20+,21-,22-,23-,24-,25-,26-,27-,28-,29+,30-,31+,32+,33-,34+,35+,36+,37+,38-/m1/s1. The molecule has 0 aromatic rings. The Morgan fingerprint density at radius 1 is 0.343 bits per heavy atom. The molecule has 20 N–H and O–H groups in total.